The number of carbonyl (C=O) groups is 1. The van der Waals surface area contributed by atoms with Gasteiger partial charge in [-0.15, -0.1) is 0 Å². The first kappa shape index (κ1) is 16.5. The van der Waals surface area contributed by atoms with E-state index in [1.54, 1.807) is 12.3 Å². The largest absolute Gasteiger partial charge is 0.396 e. The van der Waals surface area contributed by atoms with Crippen molar-refractivity contribution in [3.05, 3.63) is 22.8 Å². The van der Waals surface area contributed by atoms with Crippen molar-refractivity contribution in [3.63, 3.8) is 0 Å². The van der Waals surface area contributed by atoms with Crippen LogP contribution in [0.1, 0.15) is 29.6 Å². The number of amides is 1. The highest BCUT2D eigenvalue weighted by molar-refractivity contribution is 6.33. The van der Waals surface area contributed by atoms with Gasteiger partial charge < -0.3 is 20.1 Å². The molecule has 0 bridgehead atoms. The Morgan fingerprint density at radius 3 is 2.70 bits per heavy atom. The number of hydrogen-bond donors (Lipinski definition) is 2. The number of nitrogens with one attached hydrogen (secondary N) is 1. The lowest BCUT2D eigenvalue weighted by Gasteiger charge is -2.40. The zero-order chi connectivity index (χ0) is 16.3. The van der Waals surface area contributed by atoms with Gasteiger partial charge in [-0.3, -0.25) is 4.79 Å². The van der Waals surface area contributed by atoms with Gasteiger partial charge in [0.15, 0.2) is 0 Å². The minimum Gasteiger partial charge on any atom is -0.396 e. The summed E-state index contributed by atoms with van der Waals surface area (Å²) >= 11 is 6.26. The maximum Gasteiger partial charge on any atom is 0.255 e. The zero-order valence-electron chi connectivity index (χ0n) is 13.1. The predicted molar refractivity (Wildman–Crippen MR) is 87.8 cm³/mol. The van der Waals surface area contributed by atoms with Gasteiger partial charge >= 0.3 is 0 Å². The molecular formula is C16H22ClN3O3. The number of nitrogens with zero attached hydrogens (tertiary/aromatic N) is 2. The Labute approximate surface area is 140 Å². The molecule has 0 saturated carbocycles. The first-order valence-electron chi connectivity index (χ1n) is 8.01. The molecule has 2 saturated heterocycles. The van der Waals surface area contributed by atoms with E-state index in [0.717, 1.165) is 25.9 Å². The molecule has 0 aliphatic carbocycles. The number of pyridine rings is 1. The number of ether oxygens (including phenoxy) is 1. The Kier molecular flexibility index (Phi) is 5.04. The highest BCUT2D eigenvalue weighted by Gasteiger charge is 2.38. The summed E-state index contributed by atoms with van der Waals surface area (Å²) in [6.07, 6.45) is 4.85. The van der Waals surface area contributed by atoms with E-state index in [9.17, 15) is 9.90 Å². The minimum atomic E-state index is -0.257. The normalized spacial score (nSPS) is 20.0. The van der Waals surface area contributed by atoms with Crippen molar-refractivity contribution in [1.82, 2.24) is 9.88 Å². The molecule has 3 heterocycles. The first-order valence-corrected chi connectivity index (χ1v) is 8.39. The fraction of sp³-hybridized carbons (Fsp3) is 0.625. The fourth-order valence-electron chi connectivity index (χ4n) is 2.88. The molecule has 3 rings (SSSR count). The molecular weight excluding hydrogens is 318 g/mol. The Hall–Kier alpha value is -1.37. The SMILES string of the molecule is O=C(c1cnc(NCC2(CO)COC2)c(Cl)c1)N1CCCCC1. The van der Waals surface area contributed by atoms with Gasteiger partial charge in [-0.25, -0.2) is 4.98 Å². The van der Waals surface area contributed by atoms with Crippen LogP contribution in [0.15, 0.2) is 12.3 Å². The van der Waals surface area contributed by atoms with E-state index >= 15 is 0 Å². The summed E-state index contributed by atoms with van der Waals surface area (Å²) < 4.78 is 5.16. The van der Waals surface area contributed by atoms with Crippen LogP contribution in [-0.4, -0.2) is 60.4 Å². The molecule has 2 aliphatic rings. The van der Waals surface area contributed by atoms with Gasteiger partial charge in [0.1, 0.15) is 5.82 Å². The Morgan fingerprint density at radius 1 is 1.39 bits per heavy atom. The second kappa shape index (κ2) is 7.03. The van der Waals surface area contributed by atoms with Gasteiger partial charge in [0.25, 0.3) is 5.91 Å². The number of rotatable bonds is 5. The van der Waals surface area contributed by atoms with Crippen molar-refractivity contribution in [2.24, 2.45) is 5.41 Å². The molecule has 1 aromatic heterocycles. The number of aliphatic hydroxyl groups excluding tert-OH is 1. The third kappa shape index (κ3) is 3.59. The molecule has 0 unspecified atom stereocenters. The predicted octanol–water partition coefficient (Wildman–Crippen LogP) is 1.78. The fourth-order valence-corrected chi connectivity index (χ4v) is 3.11. The number of anilines is 1. The summed E-state index contributed by atoms with van der Waals surface area (Å²) in [5.74, 6) is 0.520. The maximum absolute atomic E-state index is 12.4. The van der Waals surface area contributed by atoms with Crippen LogP contribution in [-0.2, 0) is 4.74 Å². The lowest BCUT2D eigenvalue weighted by Crippen LogP contribution is -2.50. The van der Waals surface area contributed by atoms with E-state index in [1.807, 2.05) is 4.90 Å². The number of carbonyl (C=O) groups excluding carboxylic acids is 1. The minimum absolute atomic E-state index is 0.00938. The molecule has 0 spiro atoms. The highest BCUT2D eigenvalue weighted by atomic mass is 35.5. The van der Waals surface area contributed by atoms with Crippen molar-refractivity contribution in [2.45, 2.75) is 19.3 Å². The van der Waals surface area contributed by atoms with Gasteiger partial charge in [0.05, 0.1) is 35.8 Å². The van der Waals surface area contributed by atoms with E-state index in [4.69, 9.17) is 16.3 Å². The molecule has 0 atom stereocenters. The quantitative estimate of drug-likeness (QED) is 0.855. The van der Waals surface area contributed by atoms with Gasteiger partial charge in [0.2, 0.25) is 0 Å². The van der Waals surface area contributed by atoms with Gasteiger partial charge in [-0.05, 0) is 25.3 Å². The number of piperidine rings is 1. The van der Waals surface area contributed by atoms with Crippen LogP contribution in [0.2, 0.25) is 5.02 Å². The third-order valence-corrected chi connectivity index (χ3v) is 4.80. The van der Waals surface area contributed by atoms with Crippen LogP contribution in [0.3, 0.4) is 0 Å². The van der Waals surface area contributed by atoms with Gasteiger partial charge in [-0.2, -0.15) is 0 Å². The molecule has 2 aliphatic heterocycles. The summed E-state index contributed by atoms with van der Waals surface area (Å²) in [5.41, 5.74) is 0.263. The molecule has 2 N–H and O–H groups in total. The molecule has 1 amide bonds. The first-order chi connectivity index (χ1) is 11.1. The van der Waals surface area contributed by atoms with Crippen molar-refractivity contribution in [2.75, 3.05) is 44.8 Å². The van der Waals surface area contributed by atoms with Crippen molar-refractivity contribution in [3.8, 4) is 0 Å². The molecule has 6 nitrogen and oxygen atoms in total. The van der Waals surface area contributed by atoms with E-state index in [2.05, 4.69) is 10.3 Å². The molecule has 2 fully saturated rings. The standard InChI is InChI=1S/C16H22ClN3O3/c17-13-6-12(15(22)20-4-2-1-3-5-20)7-18-14(13)19-8-16(9-21)10-23-11-16/h6-7,21H,1-5,8-11H2,(H,18,19). The highest BCUT2D eigenvalue weighted by Crippen LogP contribution is 2.29. The van der Waals surface area contributed by atoms with Gasteiger partial charge in [-0.1, -0.05) is 11.6 Å². The van der Waals surface area contributed by atoms with Crippen LogP contribution >= 0.6 is 11.6 Å². The Morgan fingerprint density at radius 2 is 2.13 bits per heavy atom. The third-order valence-electron chi connectivity index (χ3n) is 4.51. The average molecular weight is 340 g/mol. The summed E-state index contributed by atoms with van der Waals surface area (Å²) in [6, 6.07) is 1.66. The van der Waals surface area contributed by atoms with E-state index in [0.29, 0.717) is 36.2 Å². The van der Waals surface area contributed by atoms with Crippen LogP contribution in [0.5, 0.6) is 0 Å². The zero-order valence-corrected chi connectivity index (χ0v) is 13.8. The summed E-state index contributed by atoms with van der Waals surface area (Å²) in [6.45, 7) is 3.25. The molecule has 7 heteroatoms. The maximum atomic E-state index is 12.4. The molecule has 0 radical (unpaired) electrons. The number of halogens is 1. The summed E-state index contributed by atoms with van der Waals surface area (Å²) in [5, 5.41) is 13.0. The Bertz CT molecular complexity index is 566. The van der Waals surface area contributed by atoms with E-state index in [-0.39, 0.29) is 17.9 Å². The number of likely N-dealkylation sites (tertiary alicyclic amines) is 1. The van der Waals surface area contributed by atoms with Crippen LogP contribution < -0.4 is 5.32 Å². The lowest BCUT2D eigenvalue weighted by atomic mass is 9.87. The second-order valence-corrected chi connectivity index (χ2v) is 6.82. The number of aromatic nitrogens is 1. The monoisotopic (exact) mass is 339 g/mol. The van der Waals surface area contributed by atoms with Crippen LogP contribution in [0.25, 0.3) is 0 Å². The van der Waals surface area contributed by atoms with Crippen molar-refractivity contribution >= 4 is 23.3 Å². The number of hydrogen-bond acceptors (Lipinski definition) is 5. The molecule has 126 valence electrons. The van der Waals surface area contributed by atoms with E-state index in [1.165, 1.54) is 6.42 Å². The molecule has 0 aromatic carbocycles. The second-order valence-electron chi connectivity index (χ2n) is 6.41. The smallest absolute Gasteiger partial charge is 0.255 e. The number of aliphatic hydroxyl groups is 1. The molecule has 23 heavy (non-hydrogen) atoms. The van der Waals surface area contributed by atoms with Crippen molar-refractivity contribution < 1.29 is 14.6 Å². The van der Waals surface area contributed by atoms with E-state index < -0.39 is 0 Å². The van der Waals surface area contributed by atoms with Crippen LogP contribution in [0.4, 0.5) is 5.82 Å². The van der Waals surface area contributed by atoms with Gasteiger partial charge in [0, 0.05) is 25.8 Å². The lowest BCUT2D eigenvalue weighted by molar-refractivity contribution is -0.128. The van der Waals surface area contributed by atoms with Crippen LogP contribution in [0, 0.1) is 5.41 Å². The summed E-state index contributed by atoms with van der Waals surface area (Å²) in [7, 11) is 0. The summed E-state index contributed by atoms with van der Waals surface area (Å²) in [4.78, 5) is 18.6. The topological polar surface area (TPSA) is 74.7 Å². The van der Waals surface area contributed by atoms with Crippen molar-refractivity contribution in [1.29, 1.82) is 0 Å². The Balaban J connectivity index is 1.64. The molecule has 1 aromatic rings. The average Bonchev–Trinajstić information content (AvgIpc) is 2.55.